The number of benzene rings is 2. The highest BCUT2D eigenvalue weighted by atomic mass is 19.3. The molecule has 1 aliphatic heterocycles. The first-order valence-electron chi connectivity index (χ1n) is 7.32. The molecule has 0 amide bonds. The zero-order chi connectivity index (χ0) is 14.7. The predicted octanol–water partition coefficient (Wildman–Crippen LogP) is 4.30. The molecule has 0 aromatic heterocycles. The third-order valence-corrected chi connectivity index (χ3v) is 4.03. The quantitative estimate of drug-likeness (QED) is 0.914. The van der Waals surface area contributed by atoms with Crippen molar-refractivity contribution in [1.29, 1.82) is 0 Å². The molecule has 118 valence electrons. The smallest absolute Gasteiger partial charge is 0.262 e. The van der Waals surface area contributed by atoms with Gasteiger partial charge in [-0.05, 0) is 17.5 Å². The minimum atomic E-state index is -2.58. The van der Waals surface area contributed by atoms with Gasteiger partial charge in [0.15, 0.2) is 0 Å². The molecule has 22 heavy (non-hydrogen) atoms. The van der Waals surface area contributed by atoms with Gasteiger partial charge in [-0.25, -0.2) is 8.78 Å². The van der Waals surface area contributed by atoms with E-state index in [2.05, 4.69) is 0 Å². The Morgan fingerprint density at radius 3 is 2.05 bits per heavy atom. The number of hydrogen-bond donors (Lipinski definition) is 1. The standard InChI is InChI=1S/C18H19F2N.H3N/c19-18(20)12-17(11-15-7-3-1-4-8-15)21(14-18)13-16-9-5-2-6-10-16;/h1-10,17H,11-14H2;1H3. The highest BCUT2D eigenvalue weighted by Gasteiger charge is 2.44. The second-order valence-electron chi connectivity index (χ2n) is 5.79. The largest absolute Gasteiger partial charge is 0.344 e. The van der Waals surface area contributed by atoms with Crippen LogP contribution >= 0.6 is 0 Å². The average molecular weight is 304 g/mol. The van der Waals surface area contributed by atoms with Crippen LogP contribution in [0.5, 0.6) is 0 Å². The summed E-state index contributed by atoms with van der Waals surface area (Å²) in [6.07, 6.45) is 0.637. The summed E-state index contributed by atoms with van der Waals surface area (Å²) in [5, 5.41) is 0. The molecule has 2 aromatic rings. The second-order valence-corrected chi connectivity index (χ2v) is 5.79. The lowest BCUT2D eigenvalue weighted by Gasteiger charge is -2.23. The van der Waals surface area contributed by atoms with E-state index < -0.39 is 5.92 Å². The molecule has 4 heteroatoms. The number of rotatable bonds is 4. The zero-order valence-corrected chi connectivity index (χ0v) is 12.6. The van der Waals surface area contributed by atoms with Crippen molar-refractivity contribution in [2.45, 2.75) is 31.4 Å². The molecule has 0 saturated carbocycles. The molecule has 2 nitrogen and oxygen atoms in total. The molecule has 1 atom stereocenters. The average Bonchev–Trinajstić information content (AvgIpc) is 2.75. The third-order valence-electron chi connectivity index (χ3n) is 4.03. The molecule has 1 aliphatic rings. The number of nitrogens with zero attached hydrogens (tertiary/aromatic N) is 1. The van der Waals surface area contributed by atoms with Crippen LogP contribution in [-0.4, -0.2) is 23.4 Å². The minimum absolute atomic E-state index is 0. The maximum atomic E-state index is 13.8. The van der Waals surface area contributed by atoms with Crippen LogP contribution in [0.3, 0.4) is 0 Å². The van der Waals surface area contributed by atoms with Crippen LogP contribution in [0.4, 0.5) is 8.78 Å². The van der Waals surface area contributed by atoms with Crippen molar-refractivity contribution in [3.05, 3.63) is 71.8 Å². The number of hydrogen-bond acceptors (Lipinski definition) is 2. The van der Waals surface area contributed by atoms with Gasteiger partial charge in [0.1, 0.15) is 0 Å². The van der Waals surface area contributed by atoms with Crippen molar-refractivity contribution in [2.24, 2.45) is 0 Å². The maximum absolute atomic E-state index is 13.8. The van der Waals surface area contributed by atoms with Gasteiger partial charge in [0.2, 0.25) is 0 Å². The van der Waals surface area contributed by atoms with Gasteiger partial charge in [-0.2, -0.15) is 0 Å². The van der Waals surface area contributed by atoms with E-state index in [1.807, 2.05) is 65.6 Å². The van der Waals surface area contributed by atoms with Crippen LogP contribution < -0.4 is 6.15 Å². The molecule has 0 radical (unpaired) electrons. The summed E-state index contributed by atoms with van der Waals surface area (Å²) >= 11 is 0. The van der Waals surface area contributed by atoms with E-state index in [1.54, 1.807) is 0 Å². The van der Waals surface area contributed by atoms with Crippen molar-refractivity contribution < 1.29 is 8.78 Å². The molecule has 3 N–H and O–H groups in total. The molecule has 1 saturated heterocycles. The van der Waals surface area contributed by atoms with E-state index in [9.17, 15) is 8.78 Å². The van der Waals surface area contributed by atoms with Crippen molar-refractivity contribution in [3.63, 3.8) is 0 Å². The lowest BCUT2D eigenvalue weighted by Crippen LogP contribution is -2.31. The summed E-state index contributed by atoms with van der Waals surface area (Å²) in [4.78, 5) is 1.92. The molecular weight excluding hydrogens is 282 g/mol. The van der Waals surface area contributed by atoms with Crippen molar-refractivity contribution in [1.82, 2.24) is 11.1 Å². The lowest BCUT2D eigenvalue weighted by molar-refractivity contribution is 0.0113. The molecule has 1 heterocycles. The van der Waals surface area contributed by atoms with Gasteiger partial charge in [0.05, 0.1) is 6.54 Å². The molecule has 2 aromatic carbocycles. The Labute approximate surface area is 130 Å². The van der Waals surface area contributed by atoms with Gasteiger partial charge in [-0.15, -0.1) is 0 Å². The fraction of sp³-hybridized carbons (Fsp3) is 0.333. The van der Waals surface area contributed by atoms with E-state index >= 15 is 0 Å². The van der Waals surface area contributed by atoms with Crippen LogP contribution in [0.15, 0.2) is 60.7 Å². The number of alkyl halides is 2. The van der Waals surface area contributed by atoms with Crippen LogP contribution in [0.2, 0.25) is 0 Å². The van der Waals surface area contributed by atoms with Gasteiger partial charge in [0, 0.05) is 19.0 Å². The fourth-order valence-electron chi connectivity index (χ4n) is 3.05. The van der Waals surface area contributed by atoms with Gasteiger partial charge in [-0.3, -0.25) is 4.90 Å². The monoisotopic (exact) mass is 304 g/mol. The Balaban J connectivity index is 0.00000176. The topological polar surface area (TPSA) is 38.2 Å². The van der Waals surface area contributed by atoms with Crippen molar-refractivity contribution in [2.75, 3.05) is 6.54 Å². The Morgan fingerprint density at radius 2 is 1.45 bits per heavy atom. The summed E-state index contributed by atoms with van der Waals surface area (Å²) in [5.74, 6) is -2.58. The van der Waals surface area contributed by atoms with E-state index in [4.69, 9.17) is 0 Å². The Bertz CT molecular complexity index is 521. The van der Waals surface area contributed by atoms with Gasteiger partial charge < -0.3 is 6.15 Å². The van der Waals surface area contributed by atoms with Crippen LogP contribution in [0.1, 0.15) is 17.5 Å². The lowest BCUT2D eigenvalue weighted by atomic mass is 10.0. The summed E-state index contributed by atoms with van der Waals surface area (Å²) in [7, 11) is 0. The van der Waals surface area contributed by atoms with E-state index in [1.165, 1.54) is 0 Å². The Hall–Kier alpha value is -1.78. The maximum Gasteiger partial charge on any atom is 0.262 e. The molecular formula is C18H22F2N2. The van der Waals surface area contributed by atoms with Crippen LogP contribution in [-0.2, 0) is 13.0 Å². The highest BCUT2D eigenvalue weighted by molar-refractivity contribution is 5.18. The number of likely N-dealkylation sites (tertiary alicyclic amines) is 1. The molecule has 0 spiro atoms. The van der Waals surface area contributed by atoms with Crippen LogP contribution in [0.25, 0.3) is 0 Å². The van der Waals surface area contributed by atoms with E-state index in [-0.39, 0.29) is 25.2 Å². The molecule has 3 rings (SSSR count). The van der Waals surface area contributed by atoms with Crippen molar-refractivity contribution >= 4 is 0 Å². The molecule has 1 unspecified atom stereocenters. The predicted molar refractivity (Wildman–Crippen MR) is 85.4 cm³/mol. The van der Waals surface area contributed by atoms with Crippen molar-refractivity contribution in [3.8, 4) is 0 Å². The Kier molecular flexibility index (Phi) is 5.27. The summed E-state index contributed by atoms with van der Waals surface area (Å²) in [5.41, 5.74) is 2.21. The first-order chi connectivity index (χ1) is 10.1. The van der Waals surface area contributed by atoms with E-state index in [0.717, 1.165) is 11.1 Å². The van der Waals surface area contributed by atoms with Crippen LogP contribution in [0, 0.1) is 0 Å². The fourth-order valence-corrected chi connectivity index (χ4v) is 3.05. The minimum Gasteiger partial charge on any atom is -0.344 e. The zero-order valence-electron chi connectivity index (χ0n) is 12.6. The van der Waals surface area contributed by atoms with E-state index in [0.29, 0.717) is 13.0 Å². The molecule has 0 aliphatic carbocycles. The molecule has 1 fully saturated rings. The normalized spacial score (nSPS) is 20.5. The summed E-state index contributed by atoms with van der Waals surface area (Å²) in [6.45, 7) is 0.452. The van der Waals surface area contributed by atoms with Gasteiger partial charge in [-0.1, -0.05) is 60.7 Å². The van der Waals surface area contributed by atoms with Gasteiger partial charge >= 0.3 is 0 Å². The van der Waals surface area contributed by atoms with Gasteiger partial charge in [0.25, 0.3) is 5.92 Å². The highest BCUT2D eigenvalue weighted by Crippen LogP contribution is 2.34. The third kappa shape index (κ3) is 4.12. The second kappa shape index (κ2) is 6.99. The first kappa shape index (κ1) is 16.6. The summed E-state index contributed by atoms with van der Waals surface area (Å²) in [6, 6.07) is 19.7. The Morgan fingerprint density at radius 1 is 0.909 bits per heavy atom. The number of halogens is 2. The SMILES string of the molecule is FC1(F)CC(Cc2ccccc2)N(Cc2ccccc2)C1.N. The summed E-state index contributed by atoms with van der Waals surface area (Å²) < 4.78 is 27.6. The molecule has 0 bridgehead atoms. The first-order valence-corrected chi connectivity index (χ1v) is 7.32.